The smallest absolute Gasteiger partial charge is 0.408 e. The van der Waals surface area contributed by atoms with Crippen molar-refractivity contribution in [2.75, 3.05) is 6.61 Å². The Morgan fingerprint density at radius 2 is 1.54 bits per heavy atom. The molecule has 0 heterocycles. The molecule has 0 bridgehead atoms. The van der Waals surface area contributed by atoms with E-state index in [1.807, 2.05) is 27.7 Å². The molecule has 0 saturated heterocycles. The van der Waals surface area contributed by atoms with E-state index in [2.05, 4.69) is 16.0 Å². The Hall–Kier alpha value is -2.36. The Kier molecular flexibility index (Phi) is 14.8. The van der Waals surface area contributed by atoms with Crippen molar-refractivity contribution in [3.63, 3.8) is 0 Å². The number of nitrogens with one attached hydrogen (secondary N) is 3. The number of hydrogen-bond donors (Lipinski definition) is 4. The van der Waals surface area contributed by atoms with Crippen molar-refractivity contribution in [3.8, 4) is 0 Å². The zero-order chi connectivity index (χ0) is 29.8. The average molecular weight is 556 g/mol. The van der Waals surface area contributed by atoms with Gasteiger partial charge in [0.05, 0.1) is 25.2 Å². The third-order valence-corrected chi connectivity index (χ3v) is 7.07. The van der Waals surface area contributed by atoms with E-state index in [1.165, 1.54) is 0 Å². The van der Waals surface area contributed by atoms with Gasteiger partial charge in [-0.3, -0.25) is 14.4 Å². The highest BCUT2D eigenvalue weighted by atomic mass is 16.6. The minimum atomic E-state index is -1.13. The van der Waals surface area contributed by atoms with Gasteiger partial charge in [-0.05, 0) is 64.7 Å². The quantitative estimate of drug-likeness (QED) is 0.239. The van der Waals surface area contributed by atoms with Gasteiger partial charge in [-0.25, -0.2) is 4.79 Å². The van der Waals surface area contributed by atoms with Gasteiger partial charge in [0.25, 0.3) is 0 Å². The van der Waals surface area contributed by atoms with E-state index in [1.54, 1.807) is 27.7 Å². The fourth-order valence-corrected chi connectivity index (χ4v) is 4.87. The summed E-state index contributed by atoms with van der Waals surface area (Å²) in [5.41, 5.74) is -0.716. The van der Waals surface area contributed by atoms with Gasteiger partial charge in [-0.1, -0.05) is 53.4 Å². The molecular formula is C29H53N3O7. The van der Waals surface area contributed by atoms with Gasteiger partial charge in [0.1, 0.15) is 17.7 Å². The van der Waals surface area contributed by atoms with Gasteiger partial charge in [0, 0.05) is 0 Å². The number of amides is 3. The Labute approximate surface area is 234 Å². The SMILES string of the molecule is CCOC(=O)CC(O)[C@H](CC(C)C)NC(=O)[C@@H](NC(=O)[C@@H](NC(=O)OC(C)(C)C)C1CCCCC1)[C@@H](C)CC. The first kappa shape index (κ1) is 34.7. The molecule has 1 rings (SSSR count). The topological polar surface area (TPSA) is 143 Å². The van der Waals surface area contributed by atoms with Crippen LogP contribution in [0.25, 0.3) is 0 Å². The second-order valence-electron chi connectivity index (χ2n) is 12.2. The number of carbonyl (C=O) groups is 4. The lowest BCUT2D eigenvalue weighted by atomic mass is 9.83. The van der Waals surface area contributed by atoms with Crippen LogP contribution >= 0.6 is 0 Å². The Morgan fingerprint density at radius 3 is 2.05 bits per heavy atom. The summed E-state index contributed by atoms with van der Waals surface area (Å²) in [5.74, 6) is -1.55. The standard InChI is InChI=1S/C29H53N3O7/c1-9-19(5)24(26(35)30-21(16-18(3)4)22(33)17-23(34)38-10-2)31-27(36)25(20-14-12-11-13-15-20)32-28(37)39-29(6,7)8/h18-22,24-25,33H,9-17H2,1-8H3,(H,30,35)(H,31,36)(H,32,37)/t19-,21-,22?,24-,25-/m0/s1. The van der Waals surface area contributed by atoms with Crippen LogP contribution in [0, 0.1) is 17.8 Å². The van der Waals surface area contributed by atoms with Gasteiger partial charge in [0.15, 0.2) is 0 Å². The van der Waals surface area contributed by atoms with Gasteiger partial charge in [-0.15, -0.1) is 0 Å². The lowest BCUT2D eigenvalue weighted by Gasteiger charge is -2.34. The first-order valence-electron chi connectivity index (χ1n) is 14.6. The van der Waals surface area contributed by atoms with Crippen LogP contribution in [0.15, 0.2) is 0 Å². The predicted octanol–water partition coefficient (Wildman–Crippen LogP) is 3.84. The van der Waals surface area contributed by atoms with Crippen LogP contribution in [-0.2, 0) is 23.9 Å². The minimum absolute atomic E-state index is 0.0630. The number of alkyl carbamates (subject to hydrolysis) is 1. The van der Waals surface area contributed by atoms with Gasteiger partial charge < -0.3 is 30.5 Å². The molecular weight excluding hydrogens is 502 g/mol. The molecule has 0 aliphatic heterocycles. The Morgan fingerprint density at radius 1 is 0.923 bits per heavy atom. The lowest BCUT2D eigenvalue weighted by molar-refractivity contribution is -0.146. The lowest BCUT2D eigenvalue weighted by Crippen LogP contribution is -2.59. The van der Waals surface area contributed by atoms with E-state index in [9.17, 15) is 24.3 Å². The Balaban J connectivity index is 3.11. The summed E-state index contributed by atoms with van der Waals surface area (Å²) in [6.07, 6.45) is 3.63. The largest absolute Gasteiger partial charge is 0.466 e. The summed E-state index contributed by atoms with van der Waals surface area (Å²) in [7, 11) is 0. The van der Waals surface area contributed by atoms with Crippen LogP contribution in [0.3, 0.4) is 0 Å². The molecule has 3 amide bonds. The highest BCUT2D eigenvalue weighted by Gasteiger charge is 2.37. The molecule has 1 fully saturated rings. The fourth-order valence-electron chi connectivity index (χ4n) is 4.87. The van der Waals surface area contributed by atoms with Crippen molar-refractivity contribution < 1.29 is 33.8 Å². The first-order valence-corrected chi connectivity index (χ1v) is 14.6. The van der Waals surface area contributed by atoms with Crippen LogP contribution < -0.4 is 16.0 Å². The number of esters is 1. The highest BCUT2D eigenvalue weighted by Crippen LogP contribution is 2.27. The van der Waals surface area contributed by atoms with Gasteiger partial charge in [0.2, 0.25) is 11.8 Å². The summed E-state index contributed by atoms with van der Waals surface area (Å²) >= 11 is 0. The van der Waals surface area contributed by atoms with Crippen molar-refractivity contribution in [3.05, 3.63) is 0 Å². The van der Waals surface area contributed by atoms with Crippen molar-refractivity contribution in [1.29, 1.82) is 0 Å². The molecule has 0 radical (unpaired) electrons. The van der Waals surface area contributed by atoms with E-state index in [-0.39, 0.29) is 30.8 Å². The van der Waals surface area contributed by atoms with E-state index in [0.29, 0.717) is 12.8 Å². The summed E-state index contributed by atoms with van der Waals surface area (Å²) in [5, 5.41) is 19.3. The second-order valence-corrected chi connectivity index (χ2v) is 12.2. The van der Waals surface area contributed by atoms with Crippen LogP contribution in [0.5, 0.6) is 0 Å². The third kappa shape index (κ3) is 13.0. The molecule has 39 heavy (non-hydrogen) atoms. The molecule has 10 nitrogen and oxygen atoms in total. The summed E-state index contributed by atoms with van der Waals surface area (Å²) in [4.78, 5) is 51.7. The van der Waals surface area contributed by atoms with E-state index in [0.717, 1.165) is 32.1 Å². The zero-order valence-corrected chi connectivity index (χ0v) is 25.3. The summed E-state index contributed by atoms with van der Waals surface area (Å²) in [6.45, 7) is 14.9. The molecule has 5 atom stereocenters. The predicted molar refractivity (Wildman–Crippen MR) is 150 cm³/mol. The number of carbonyl (C=O) groups excluding carboxylic acids is 4. The molecule has 1 unspecified atom stereocenters. The highest BCUT2D eigenvalue weighted by molar-refractivity contribution is 5.91. The maximum atomic E-state index is 13.6. The molecule has 1 saturated carbocycles. The third-order valence-electron chi connectivity index (χ3n) is 7.07. The molecule has 0 aromatic heterocycles. The van der Waals surface area contributed by atoms with Gasteiger partial charge in [-0.2, -0.15) is 0 Å². The first-order chi connectivity index (χ1) is 18.2. The van der Waals surface area contributed by atoms with E-state index < -0.39 is 53.7 Å². The summed E-state index contributed by atoms with van der Waals surface area (Å²) < 4.78 is 10.4. The average Bonchev–Trinajstić information content (AvgIpc) is 2.84. The molecule has 0 aromatic carbocycles. The van der Waals surface area contributed by atoms with Crippen LogP contribution in [0.1, 0.15) is 107 Å². The molecule has 10 heteroatoms. The Bertz CT molecular complexity index is 790. The van der Waals surface area contributed by atoms with E-state index >= 15 is 0 Å². The minimum Gasteiger partial charge on any atom is -0.466 e. The molecule has 4 N–H and O–H groups in total. The van der Waals surface area contributed by atoms with Gasteiger partial charge >= 0.3 is 12.1 Å². The second kappa shape index (κ2) is 16.7. The normalized spacial score (nSPS) is 18.3. The maximum Gasteiger partial charge on any atom is 0.408 e. The van der Waals surface area contributed by atoms with Crippen molar-refractivity contribution >= 4 is 23.9 Å². The molecule has 0 spiro atoms. The monoisotopic (exact) mass is 555 g/mol. The van der Waals surface area contributed by atoms with Crippen LogP contribution in [0.2, 0.25) is 0 Å². The summed E-state index contributed by atoms with van der Waals surface area (Å²) in [6, 6.07) is -2.42. The zero-order valence-electron chi connectivity index (χ0n) is 25.3. The number of aliphatic hydroxyl groups excluding tert-OH is 1. The molecule has 0 aromatic rings. The molecule has 1 aliphatic rings. The number of ether oxygens (including phenoxy) is 2. The van der Waals surface area contributed by atoms with Crippen LogP contribution in [0.4, 0.5) is 4.79 Å². The van der Waals surface area contributed by atoms with Crippen molar-refractivity contribution in [2.45, 2.75) is 137 Å². The number of hydrogen-bond acceptors (Lipinski definition) is 7. The maximum absolute atomic E-state index is 13.6. The number of rotatable bonds is 14. The number of aliphatic hydroxyl groups is 1. The molecule has 226 valence electrons. The fraction of sp³-hybridized carbons (Fsp3) is 0.862. The van der Waals surface area contributed by atoms with Crippen molar-refractivity contribution in [1.82, 2.24) is 16.0 Å². The molecule has 1 aliphatic carbocycles. The van der Waals surface area contributed by atoms with Crippen LogP contribution in [-0.4, -0.2) is 65.4 Å². The van der Waals surface area contributed by atoms with E-state index in [4.69, 9.17) is 9.47 Å². The van der Waals surface area contributed by atoms with Crippen molar-refractivity contribution in [2.24, 2.45) is 17.8 Å².